The number of rotatable bonds is 12. The van der Waals surface area contributed by atoms with E-state index < -0.39 is 13.1 Å². The van der Waals surface area contributed by atoms with E-state index >= 15 is 0 Å². The second-order valence-electron chi connectivity index (χ2n) is 8.21. The van der Waals surface area contributed by atoms with Gasteiger partial charge in [0.1, 0.15) is 0 Å². The highest BCUT2D eigenvalue weighted by atomic mass is 31.2. The third-order valence-corrected chi connectivity index (χ3v) is 7.35. The van der Waals surface area contributed by atoms with Crippen molar-refractivity contribution in [2.45, 2.75) is 70.4 Å². The van der Waals surface area contributed by atoms with Gasteiger partial charge in [-0.1, -0.05) is 113 Å². The Hall–Kier alpha value is -1.25. The van der Waals surface area contributed by atoms with E-state index in [1.165, 1.54) is 25.7 Å². The van der Waals surface area contributed by atoms with Gasteiger partial charge in [0.15, 0.2) is 0 Å². The minimum Gasteiger partial charge on any atom is -0.192 e. The summed E-state index contributed by atoms with van der Waals surface area (Å²) in [5, 5.41) is -1.16. The lowest BCUT2D eigenvalue weighted by molar-refractivity contribution is 0.287. The van der Waals surface area contributed by atoms with E-state index in [0.29, 0.717) is 6.42 Å². The molecular weight excluding hydrogens is 367 g/mol. The van der Waals surface area contributed by atoms with Crippen LogP contribution in [0.5, 0.6) is 0 Å². The minimum absolute atomic E-state index is 0.518. The third kappa shape index (κ3) is 6.12. The average molecular weight is 404 g/mol. The zero-order chi connectivity index (χ0) is 20.5. The lowest BCUT2D eigenvalue weighted by Crippen LogP contribution is -2.31. The average Bonchev–Trinajstić information content (AvgIpc) is 2.67. The van der Waals surface area contributed by atoms with Crippen LogP contribution in [-0.4, -0.2) is 14.7 Å². The first-order chi connectivity index (χ1) is 13.4. The molecule has 0 amide bonds. The minimum atomic E-state index is -4.18. The molecule has 2 aromatic rings. The van der Waals surface area contributed by atoms with Crippen molar-refractivity contribution in [1.29, 1.82) is 0 Å². The molecule has 0 saturated heterocycles. The van der Waals surface area contributed by atoms with E-state index in [4.69, 9.17) is 0 Å². The molecule has 0 aromatic heterocycles. The number of unbranched alkanes of at least 4 members (excludes halogenated alkanes) is 5. The van der Waals surface area contributed by atoms with Crippen LogP contribution in [0.4, 0.5) is 0 Å². The molecular formula is C24H36O3P+. The van der Waals surface area contributed by atoms with E-state index in [-0.39, 0.29) is 0 Å². The van der Waals surface area contributed by atoms with Gasteiger partial charge in [-0.3, -0.25) is 0 Å². The van der Waals surface area contributed by atoms with Crippen molar-refractivity contribution < 1.29 is 14.7 Å². The smallest absolute Gasteiger partial charge is 0.192 e. The van der Waals surface area contributed by atoms with Crippen LogP contribution in [0.15, 0.2) is 60.7 Å². The molecule has 3 nitrogen and oxygen atoms in total. The molecule has 0 aliphatic rings. The van der Waals surface area contributed by atoms with E-state index in [9.17, 15) is 14.7 Å². The first-order valence-electron chi connectivity index (χ1n) is 10.6. The van der Waals surface area contributed by atoms with Gasteiger partial charge in [0.05, 0.1) is 0 Å². The van der Waals surface area contributed by atoms with Gasteiger partial charge in [-0.15, -0.1) is 0 Å². The standard InChI is InChI=1S/C24H36O3P/c1-21(2)15-9-5-3-4-6-14-20-24(28(25,26)27,22-16-10-7-11-17-22)23-18-12-8-13-19-23/h7-8,10-13,16-19,21,25-27H,3-6,9,14-15,20H2,1-2H3/q+1. The summed E-state index contributed by atoms with van der Waals surface area (Å²) in [5.74, 6) is 0.771. The van der Waals surface area contributed by atoms with Crippen LogP contribution in [0.3, 0.4) is 0 Å². The Morgan fingerprint density at radius 2 is 1.11 bits per heavy atom. The van der Waals surface area contributed by atoms with Gasteiger partial charge in [0, 0.05) is 17.5 Å². The van der Waals surface area contributed by atoms with Crippen molar-refractivity contribution in [3.05, 3.63) is 71.8 Å². The molecule has 0 saturated carbocycles. The van der Waals surface area contributed by atoms with Crippen LogP contribution in [0.2, 0.25) is 0 Å². The molecule has 3 N–H and O–H groups in total. The lowest BCUT2D eigenvalue weighted by Gasteiger charge is -2.33. The van der Waals surface area contributed by atoms with Gasteiger partial charge < -0.3 is 0 Å². The maximum Gasteiger partial charge on any atom is 0.419 e. The molecule has 0 aliphatic carbocycles. The highest BCUT2D eigenvalue weighted by Crippen LogP contribution is 2.68. The number of hydrogen-bond donors (Lipinski definition) is 3. The predicted octanol–water partition coefficient (Wildman–Crippen LogP) is 6.45. The van der Waals surface area contributed by atoms with E-state index in [0.717, 1.165) is 36.3 Å². The molecule has 0 aliphatic heterocycles. The molecule has 0 heterocycles. The predicted molar refractivity (Wildman–Crippen MR) is 119 cm³/mol. The van der Waals surface area contributed by atoms with Crippen LogP contribution in [-0.2, 0) is 5.16 Å². The summed E-state index contributed by atoms with van der Waals surface area (Å²) < 4.78 is 0. The molecule has 0 fully saturated rings. The normalized spacial score (nSPS) is 12.5. The maximum atomic E-state index is 10.6. The van der Waals surface area contributed by atoms with Crippen molar-refractivity contribution in [3.63, 3.8) is 0 Å². The Labute approximate surface area is 171 Å². The van der Waals surface area contributed by atoms with Crippen LogP contribution < -0.4 is 0 Å². The molecule has 28 heavy (non-hydrogen) atoms. The second kappa shape index (κ2) is 11.1. The summed E-state index contributed by atoms with van der Waals surface area (Å²) in [5.41, 5.74) is 1.53. The maximum absolute atomic E-state index is 10.6. The highest BCUT2D eigenvalue weighted by Gasteiger charge is 2.60. The van der Waals surface area contributed by atoms with Gasteiger partial charge >= 0.3 is 7.94 Å². The van der Waals surface area contributed by atoms with Crippen molar-refractivity contribution in [2.75, 3.05) is 0 Å². The number of benzene rings is 2. The summed E-state index contributed by atoms with van der Waals surface area (Å²) in [7, 11) is -4.18. The van der Waals surface area contributed by atoms with Crippen LogP contribution in [0.25, 0.3) is 0 Å². The van der Waals surface area contributed by atoms with E-state index in [2.05, 4.69) is 13.8 Å². The van der Waals surface area contributed by atoms with Crippen LogP contribution in [0.1, 0.15) is 76.3 Å². The Bertz CT molecular complexity index is 626. The molecule has 154 valence electrons. The fourth-order valence-electron chi connectivity index (χ4n) is 4.02. The zero-order valence-corrected chi connectivity index (χ0v) is 18.2. The first kappa shape index (κ1) is 23.0. The van der Waals surface area contributed by atoms with Gasteiger partial charge in [-0.05, 0) is 12.3 Å². The molecule has 2 aromatic carbocycles. The van der Waals surface area contributed by atoms with Crippen molar-refractivity contribution >= 4 is 7.94 Å². The van der Waals surface area contributed by atoms with E-state index in [1.807, 2.05) is 60.7 Å². The van der Waals surface area contributed by atoms with Crippen LogP contribution in [0, 0.1) is 5.92 Å². The quantitative estimate of drug-likeness (QED) is 0.282. The summed E-state index contributed by atoms with van der Waals surface area (Å²) >= 11 is 0. The Morgan fingerprint density at radius 1 is 0.679 bits per heavy atom. The molecule has 0 spiro atoms. The van der Waals surface area contributed by atoms with E-state index in [1.54, 1.807) is 0 Å². The Balaban J connectivity index is 2.10. The third-order valence-electron chi connectivity index (χ3n) is 5.58. The van der Waals surface area contributed by atoms with Gasteiger partial charge in [-0.2, -0.15) is 14.7 Å². The topological polar surface area (TPSA) is 60.7 Å². The fourth-order valence-corrected chi connectivity index (χ4v) is 5.47. The van der Waals surface area contributed by atoms with Crippen molar-refractivity contribution in [2.24, 2.45) is 5.92 Å². The molecule has 2 rings (SSSR count). The van der Waals surface area contributed by atoms with Crippen molar-refractivity contribution in [3.8, 4) is 0 Å². The second-order valence-corrected chi connectivity index (χ2v) is 10.1. The van der Waals surface area contributed by atoms with Gasteiger partial charge in [-0.25, -0.2) is 0 Å². The summed E-state index contributed by atoms with van der Waals surface area (Å²) in [4.78, 5) is 31.7. The van der Waals surface area contributed by atoms with Crippen molar-refractivity contribution in [1.82, 2.24) is 0 Å². The molecule has 4 heteroatoms. The lowest BCUT2D eigenvalue weighted by atomic mass is 9.85. The Morgan fingerprint density at radius 3 is 1.54 bits per heavy atom. The first-order valence-corrected chi connectivity index (χ1v) is 12.2. The molecule has 0 atom stereocenters. The summed E-state index contributed by atoms with van der Waals surface area (Å²) in [6.07, 6.45) is 8.59. The fraction of sp³-hybridized carbons (Fsp3) is 0.500. The number of hydrogen-bond acceptors (Lipinski definition) is 3. The largest absolute Gasteiger partial charge is 0.419 e. The molecule has 0 unspecified atom stereocenters. The Kier molecular flexibility index (Phi) is 9.11. The molecule has 0 radical (unpaired) electrons. The zero-order valence-electron chi connectivity index (χ0n) is 17.3. The van der Waals surface area contributed by atoms with Crippen LogP contribution >= 0.6 is 7.94 Å². The molecule has 0 bridgehead atoms. The van der Waals surface area contributed by atoms with Gasteiger partial charge in [0.25, 0.3) is 0 Å². The summed E-state index contributed by atoms with van der Waals surface area (Å²) in [6, 6.07) is 18.9. The highest BCUT2D eigenvalue weighted by molar-refractivity contribution is 7.60. The van der Waals surface area contributed by atoms with Gasteiger partial charge in [0.2, 0.25) is 5.16 Å². The monoisotopic (exact) mass is 403 g/mol. The summed E-state index contributed by atoms with van der Waals surface area (Å²) in [6.45, 7) is 4.53. The SMILES string of the molecule is CC(C)CCCCCCCCC(c1ccccc1)(c1ccccc1)[P+](O)(O)O.